The van der Waals surface area contributed by atoms with Gasteiger partial charge >= 0.3 is 0 Å². The van der Waals surface area contributed by atoms with Crippen LogP contribution in [0.5, 0.6) is 0 Å². The first-order valence-electron chi connectivity index (χ1n) is 5.74. The third kappa shape index (κ3) is 4.36. The Morgan fingerprint density at radius 2 is 1.00 bits per heavy atom. The normalized spacial score (nSPS) is 10.4. The average Bonchev–Trinajstić information content (AvgIpc) is 2.41. The Kier molecular flexibility index (Phi) is 4.72. The van der Waals surface area contributed by atoms with Crippen molar-refractivity contribution in [1.82, 2.24) is 16.4 Å². The Morgan fingerprint density at radius 1 is 0.588 bits per heavy atom. The lowest BCUT2D eigenvalue weighted by Crippen LogP contribution is -2.42. The summed E-state index contributed by atoms with van der Waals surface area (Å²) in [5.74, 6) is 0. The topological polar surface area (TPSA) is 36.1 Å². The van der Waals surface area contributed by atoms with Crippen LogP contribution in [0.2, 0.25) is 0 Å². The molecule has 0 fully saturated rings. The van der Waals surface area contributed by atoms with Crippen molar-refractivity contribution in [3.05, 3.63) is 71.8 Å². The smallest absolute Gasteiger partial charge is 0.0364 e. The molecule has 0 aliphatic carbocycles. The van der Waals surface area contributed by atoms with Gasteiger partial charge in [0.15, 0.2) is 0 Å². The summed E-state index contributed by atoms with van der Waals surface area (Å²) in [7, 11) is 0. The zero-order valence-electron chi connectivity index (χ0n) is 9.69. The van der Waals surface area contributed by atoms with E-state index < -0.39 is 0 Å². The Balaban J connectivity index is 1.61. The van der Waals surface area contributed by atoms with Crippen LogP contribution in [0.15, 0.2) is 60.7 Å². The van der Waals surface area contributed by atoms with Crippen molar-refractivity contribution in [2.24, 2.45) is 0 Å². The highest BCUT2D eigenvalue weighted by Gasteiger charge is 1.91. The molecule has 3 nitrogen and oxygen atoms in total. The van der Waals surface area contributed by atoms with Crippen LogP contribution in [-0.4, -0.2) is 0 Å². The molecule has 88 valence electrons. The van der Waals surface area contributed by atoms with Crippen LogP contribution in [0.4, 0.5) is 0 Å². The van der Waals surface area contributed by atoms with Crippen LogP contribution in [0, 0.1) is 0 Å². The quantitative estimate of drug-likeness (QED) is 0.522. The maximum atomic E-state index is 3.11. The van der Waals surface area contributed by atoms with Crippen LogP contribution in [0.1, 0.15) is 11.1 Å². The first-order valence-corrected chi connectivity index (χ1v) is 5.74. The Labute approximate surface area is 102 Å². The van der Waals surface area contributed by atoms with Crippen molar-refractivity contribution in [3.63, 3.8) is 0 Å². The van der Waals surface area contributed by atoms with E-state index in [0.29, 0.717) is 0 Å². The monoisotopic (exact) mass is 227 g/mol. The molecule has 2 aromatic carbocycles. The van der Waals surface area contributed by atoms with Crippen molar-refractivity contribution in [3.8, 4) is 0 Å². The third-order valence-electron chi connectivity index (χ3n) is 2.45. The van der Waals surface area contributed by atoms with E-state index in [0.717, 1.165) is 13.1 Å². The second-order valence-corrected chi connectivity index (χ2v) is 3.80. The second kappa shape index (κ2) is 6.81. The molecule has 0 atom stereocenters. The molecule has 0 bridgehead atoms. The number of hydrogen-bond acceptors (Lipinski definition) is 3. The Morgan fingerprint density at radius 3 is 1.41 bits per heavy atom. The number of benzene rings is 2. The maximum Gasteiger partial charge on any atom is 0.0364 e. The molecule has 0 saturated heterocycles. The van der Waals surface area contributed by atoms with Crippen molar-refractivity contribution in [1.29, 1.82) is 0 Å². The number of nitrogens with one attached hydrogen (secondary N) is 3. The Hall–Kier alpha value is -1.68. The van der Waals surface area contributed by atoms with E-state index in [1.807, 2.05) is 36.4 Å². The zero-order valence-corrected chi connectivity index (χ0v) is 9.69. The molecule has 0 aliphatic heterocycles. The van der Waals surface area contributed by atoms with Gasteiger partial charge in [-0.05, 0) is 11.1 Å². The van der Waals surface area contributed by atoms with Crippen molar-refractivity contribution in [2.45, 2.75) is 13.1 Å². The van der Waals surface area contributed by atoms with Gasteiger partial charge in [-0.3, -0.25) is 0 Å². The fourth-order valence-corrected chi connectivity index (χ4v) is 1.55. The minimum atomic E-state index is 0.794. The fourth-order valence-electron chi connectivity index (χ4n) is 1.55. The summed E-state index contributed by atoms with van der Waals surface area (Å²) in [5, 5.41) is 0. The first-order chi connectivity index (χ1) is 8.45. The van der Waals surface area contributed by atoms with E-state index in [2.05, 4.69) is 40.7 Å². The summed E-state index contributed by atoms with van der Waals surface area (Å²) < 4.78 is 0. The van der Waals surface area contributed by atoms with Gasteiger partial charge in [0.25, 0.3) is 0 Å². The molecule has 0 aliphatic rings. The predicted molar refractivity (Wildman–Crippen MR) is 69.7 cm³/mol. The van der Waals surface area contributed by atoms with E-state index in [1.54, 1.807) is 0 Å². The van der Waals surface area contributed by atoms with E-state index in [9.17, 15) is 0 Å². The van der Waals surface area contributed by atoms with Gasteiger partial charge in [0.05, 0.1) is 0 Å². The van der Waals surface area contributed by atoms with Gasteiger partial charge in [-0.25, -0.2) is 10.9 Å². The van der Waals surface area contributed by atoms with Gasteiger partial charge in [-0.15, -0.1) is 0 Å². The van der Waals surface area contributed by atoms with Gasteiger partial charge in [0.1, 0.15) is 0 Å². The highest BCUT2D eigenvalue weighted by atomic mass is 15.6. The summed E-state index contributed by atoms with van der Waals surface area (Å²) in [5.41, 5.74) is 11.7. The second-order valence-electron chi connectivity index (χ2n) is 3.80. The average molecular weight is 227 g/mol. The largest absolute Gasteiger partial charge is 0.240 e. The number of hydrogen-bond donors (Lipinski definition) is 3. The van der Waals surface area contributed by atoms with Gasteiger partial charge in [-0.2, -0.15) is 5.53 Å². The van der Waals surface area contributed by atoms with E-state index in [4.69, 9.17) is 0 Å². The molecule has 3 heteroatoms. The minimum absolute atomic E-state index is 0.794. The summed E-state index contributed by atoms with van der Waals surface area (Å²) in [4.78, 5) is 0. The molecule has 2 rings (SSSR count). The van der Waals surface area contributed by atoms with Crippen LogP contribution >= 0.6 is 0 Å². The summed E-state index contributed by atoms with van der Waals surface area (Å²) in [6.45, 7) is 1.59. The lowest BCUT2D eigenvalue weighted by atomic mass is 10.2. The lowest BCUT2D eigenvalue weighted by Gasteiger charge is -2.08. The predicted octanol–water partition coefficient (Wildman–Crippen LogP) is 1.99. The van der Waals surface area contributed by atoms with Crippen molar-refractivity contribution >= 4 is 0 Å². The molecule has 0 amide bonds. The number of hydrazine groups is 2. The van der Waals surface area contributed by atoms with Crippen molar-refractivity contribution in [2.75, 3.05) is 0 Å². The highest BCUT2D eigenvalue weighted by Crippen LogP contribution is 1.97. The molecule has 0 spiro atoms. The standard InChI is InChI=1S/C14H17N3/c1-3-7-13(8-4-1)11-15-17-16-12-14-9-5-2-6-10-14/h1-10,15-17H,11-12H2. The van der Waals surface area contributed by atoms with Gasteiger partial charge in [0, 0.05) is 13.1 Å². The molecular weight excluding hydrogens is 210 g/mol. The first kappa shape index (κ1) is 11.8. The molecule has 0 heterocycles. The molecule has 0 aromatic heterocycles. The zero-order chi connectivity index (χ0) is 11.8. The molecular formula is C14H17N3. The lowest BCUT2D eigenvalue weighted by molar-refractivity contribution is 0.429. The van der Waals surface area contributed by atoms with Crippen LogP contribution < -0.4 is 16.4 Å². The molecule has 0 saturated carbocycles. The van der Waals surface area contributed by atoms with Crippen LogP contribution in [-0.2, 0) is 13.1 Å². The fraction of sp³-hybridized carbons (Fsp3) is 0.143. The van der Waals surface area contributed by atoms with Gasteiger partial charge in [-0.1, -0.05) is 60.7 Å². The molecule has 0 unspecified atom stereocenters. The SMILES string of the molecule is c1ccc(CNNNCc2ccccc2)cc1. The molecule has 2 aromatic rings. The minimum Gasteiger partial charge on any atom is -0.240 e. The summed E-state index contributed by atoms with van der Waals surface area (Å²) in [6, 6.07) is 20.5. The number of rotatable bonds is 6. The van der Waals surface area contributed by atoms with E-state index in [-0.39, 0.29) is 0 Å². The third-order valence-corrected chi connectivity index (χ3v) is 2.45. The van der Waals surface area contributed by atoms with Crippen molar-refractivity contribution < 1.29 is 0 Å². The maximum absolute atomic E-state index is 3.11. The van der Waals surface area contributed by atoms with Crippen LogP contribution in [0.3, 0.4) is 0 Å². The molecule has 17 heavy (non-hydrogen) atoms. The van der Waals surface area contributed by atoms with Crippen LogP contribution in [0.25, 0.3) is 0 Å². The van der Waals surface area contributed by atoms with E-state index >= 15 is 0 Å². The highest BCUT2D eigenvalue weighted by molar-refractivity contribution is 5.14. The van der Waals surface area contributed by atoms with E-state index in [1.165, 1.54) is 11.1 Å². The summed E-state index contributed by atoms with van der Waals surface area (Å²) >= 11 is 0. The summed E-state index contributed by atoms with van der Waals surface area (Å²) in [6.07, 6.45) is 0. The Bertz CT molecular complexity index is 372. The molecule has 0 radical (unpaired) electrons. The van der Waals surface area contributed by atoms with Gasteiger partial charge < -0.3 is 0 Å². The molecule has 3 N–H and O–H groups in total. The van der Waals surface area contributed by atoms with Gasteiger partial charge in [0.2, 0.25) is 0 Å².